The van der Waals surface area contributed by atoms with Crippen LogP contribution in [0, 0.1) is 0 Å². The number of rotatable bonds is 7. The first kappa shape index (κ1) is 19.1. The van der Waals surface area contributed by atoms with Gasteiger partial charge in [-0.15, -0.1) is 0 Å². The summed E-state index contributed by atoms with van der Waals surface area (Å²) in [6, 6.07) is 4.95. The van der Waals surface area contributed by atoms with E-state index in [-0.39, 0.29) is 23.3 Å². The summed E-state index contributed by atoms with van der Waals surface area (Å²) >= 11 is 0. The predicted molar refractivity (Wildman–Crippen MR) is 88.4 cm³/mol. The number of ether oxygens (including phenoxy) is 2. The molecule has 1 aliphatic heterocycles. The Morgan fingerprint density at radius 3 is 2.29 bits per heavy atom. The van der Waals surface area contributed by atoms with Crippen LogP contribution in [0.15, 0.2) is 29.2 Å². The first-order chi connectivity index (χ1) is 11.2. The van der Waals surface area contributed by atoms with Crippen molar-refractivity contribution < 1.29 is 26.3 Å². The predicted octanol–water partition coefficient (Wildman–Crippen LogP) is -0.403. The molecule has 136 valence electrons. The van der Waals surface area contributed by atoms with Crippen molar-refractivity contribution in [2.75, 3.05) is 39.1 Å². The third kappa shape index (κ3) is 4.43. The minimum Gasteiger partial charge on any atom is -0.377 e. The van der Waals surface area contributed by atoms with E-state index in [4.69, 9.17) is 9.47 Å². The van der Waals surface area contributed by atoms with Gasteiger partial charge in [0.05, 0.1) is 30.3 Å². The lowest BCUT2D eigenvalue weighted by Crippen LogP contribution is -2.43. The van der Waals surface area contributed by atoms with Gasteiger partial charge in [0, 0.05) is 26.9 Å². The molecule has 1 aromatic rings. The molecule has 0 bridgehead atoms. The smallest absolute Gasteiger partial charge is 0.301 e. The van der Waals surface area contributed by atoms with Gasteiger partial charge in [0.1, 0.15) is 0 Å². The third-order valence-electron chi connectivity index (χ3n) is 3.53. The van der Waals surface area contributed by atoms with Crippen LogP contribution < -0.4 is 9.44 Å². The molecule has 9 nitrogen and oxygen atoms in total. The molecule has 0 spiro atoms. The Hall–Kier alpha value is -1.24. The van der Waals surface area contributed by atoms with Gasteiger partial charge < -0.3 is 9.47 Å². The Morgan fingerprint density at radius 1 is 1.12 bits per heavy atom. The van der Waals surface area contributed by atoms with Crippen molar-refractivity contribution in [1.82, 2.24) is 9.03 Å². The summed E-state index contributed by atoms with van der Waals surface area (Å²) in [5.41, 5.74) is 0.265. The van der Waals surface area contributed by atoms with E-state index < -0.39 is 26.3 Å². The van der Waals surface area contributed by atoms with Gasteiger partial charge in [-0.25, -0.2) is 13.1 Å². The van der Waals surface area contributed by atoms with Crippen LogP contribution in [0.1, 0.15) is 0 Å². The van der Waals surface area contributed by atoms with Gasteiger partial charge in [-0.3, -0.25) is 4.72 Å². The Labute approximate surface area is 142 Å². The second-order valence-corrected chi connectivity index (χ2v) is 9.05. The van der Waals surface area contributed by atoms with E-state index in [9.17, 15) is 16.8 Å². The maximum absolute atomic E-state index is 12.4. The monoisotopic (exact) mass is 379 g/mol. The molecule has 2 N–H and O–H groups in total. The standard InChI is InChI=1S/C13H21N3O6S2/c1-16(2)24(19,20)14-10-4-6-11(7-5-10)23(17,18)15-12-8-22-9-13(12)21-3/h4-7,12-15H,8-9H2,1-3H3/t12-,13-/m0/s1. The number of anilines is 1. The topological polar surface area (TPSA) is 114 Å². The molecule has 1 aliphatic rings. The fraction of sp³-hybridized carbons (Fsp3) is 0.538. The van der Waals surface area contributed by atoms with Crippen molar-refractivity contribution in [2.45, 2.75) is 17.0 Å². The quantitative estimate of drug-likeness (QED) is 0.666. The van der Waals surface area contributed by atoms with E-state index in [0.29, 0.717) is 6.61 Å². The number of hydrogen-bond acceptors (Lipinski definition) is 6. The molecule has 1 heterocycles. The molecule has 0 aromatic heterocycles. The molecule has 1 aromatic carbocycles. The maximum atomic E-state index is 12.4. The van der Waals surface area contributed by atoms with Crippen molar-refractivity contribution >= 4 is 25.9 Å². The summed E-state index contributed by atoms with van der Waals surface area (Å²) in [5.74, 6) is 0. The number of nitrogens with zero attached hydrogens (tertiary/aromatic N) is 1. The number of benzene rings is 1. The lowest BCUT2D eigenvalue weighted by molar-refractivity contribution is 0.0761. The van der Waals surface area contributed by atoms with Gasteiger partial charge >= 0.3 is 10.2 Å². The molecule has 1 fully saturated rings. The fourth-order valence-corrected chi connectivity index (χ4v) is 3.95. The van der Waals surface area contributed by atoms with Gasteiger partial charge in [0.15, 0.2) is 0 Å². The Bertz CT molecular complexity index is 761. The van der Waals surface area contributed by atoms with Crippen LogP contribution in [-0.4, -0.2) is 67.7 Å². The first-order valence-electron chi connectivity index (χ1n) is 7.09. The highest BCUT2D eigenvalue weighted by Crippen LogP contribution is 2.18. The number of sulfonamides is 1. The van der Waals surface area contributed by atoms with E-state index >= 15 is 0 Å². The molecule has 0 aliphatic carbocycles. The lowest BCUT2D eigenvalue weighted by atomic mass is 10.2. The van der Waals surface area contributed by atoms with Gasteiger partial charge in [-0.1, -0.05) is 0 Å². The van der Waals surface area contributed by atoms with Crippen molar-refractivity contribution in [3.05, 3.63) is 24.3 Å². The van der Waals surface area contributed by atoms with Crippen molar-refractivity contribution in [3.8, 4) is 0 Å². The number of methoxy groups -OCH3 is 1. The van der Waals surface area contributed by atoms with Gasteiger partial charge in [0.25, 0.3) is 0 Å². The minimum atomic E-state index is -3.76. The van der Waals surface area contributed by atoms with Gasteiger partial charge in [0.2, 0.25) is 10.0 Å². The Morgan fingerprint density at radius 2 is 1.75 bits per heavy atom. The minimum absolute atomic E-state index is 0.0251. The fourth-order valence-electron chi connectivity index (χ4n) is 2.09. The average molecular weight is 379 g/mol. The van der Waals surface area contributed by atoms with Crippen LogP contribution in [0.25, 0.3) is 0 Å². The zero-order valence-electron chi connectivity index (χ0n) is 13.6. The van der Waals surface area contributed by atoms with Crippen LogP contribution in [0.4, 0.5) is 5.69 Å². The molecule has 0 amide bonds. The number of hydrogen-bond donors (Lipinski definition) is 2. The van der Waals surface area contributed by atoms with Crippen LogP contribution in [-0.2, 0) is 29.7 Å². The van der Waals surface area contributed by atoms with E-state index in [1.54, 1.807) is 0 Å². The lowest BCUT2D eigenvalue weighted by Gasteiger charge is -2.18. The molecule has 0 saturated carbocycles. The summed E-state index contributed by atoms with van der Waals surface area (Å²) in [5, 5.41) is 0. The van der Waals surface area contributed by atoms with Gasteiger partial charge in [-0.2, -0.15) is 12.7 Å². The van der Waals surface area contributed by atoms with Gasteiger partial charge in [-0.05, 0) is 24.3 Å². The summed E-state index contributed by atoms with van der Waals surface area (Å²) in [6.07, 6.45) is -0.342. The summed E-state index contributed by atoms with van der Waals surface area (Å²) < 4.78 is 64.5. The highest BCUT2D eigenvalue weighted by Gasteiger charge is 2.32. The molecule has 0 radical (unpaired) electrons. The SMILES string of the molecule is CO[C@H]1COC[C@@H]1NS(=O)(=O)c1ccc(NS(=O)(=O)N(C)C)cc1. The summed E-state index contributed by atoms with van der Waals surface area (Å²) in [4.78, 5) is 0.0251. The Kier molecular flexibility index (Phi) is 5.83. The van der Waals surface area contributed by atoms with E-state index in [2.05, 4.69) is 9.44 Å². The van der Waals surface area contributed by atoms with Crippen LogP contribution in [0.5, 0.6) is 0 Å². The van der Waals surface area contributed by atoms with Crippen molar-refractivity contribution in [1.29, 1.82) is 0 Å². The summed E-state index contributed by atoms with van der Waals surface area (Å²) in [6.45, 7) is 0.563. The van der Waals surface area contributed by atoms with Crippen LogP contribution >= 0.6 is 0 Å². The number of nitrogens with one attached hydrogen (secondary N) is 2. The Balaban J connectivity index is 2.12. The molecule has 2 rings (SSSR count). The maximum Gasteiger partial charge on any atom is 0.301 e. The largest absolute Gasteiger partial charge is 0.377 e. The van der Waals surface area contributed by atoms with Crippen molar-refractivity contribution in [3.63, 3.8) is 0 Å². The second-order valence-electron chi connectivity index (χ2n) is 5.45. The zero-order valence-corrected chi connectivity index (χ0v) is 15.2. The average Bonchev–Trinajstić information content (AvgIpc) is 2.93. The highest BCUT2D eigenvalue weighted by atomic mass is 32.2. The second kappa shape index (κ2) is 7.33. The molecule has 24 heavy (non-hydrogen) atoms. The molecular weight excluding hydrogens is 358 g/mol. The molecule has 11 heteroatoms. The van der Waals surface area contributed by atoms with E-state index in [0.717, 1.165) is 4.31 Å². The third-order valence-corrected chi connectivity index (χ3v) is 6.49. The normalized spacial score (nSPS) is 22.0. The summed E-state index contributed by atoms with van der Waals surface area (Å²) in [7, 11) is -3.13. The molecule has 0 unspecified atom stereocenters. The van der Waals surface area contributed by atoms with E-state index in [1.807, 2.05) is 0 Å². The van der Waals surface area contributed by atoms with Crippen LogP contribution in [0.3, 0.4) is 0 Å². The molecule has 2 atom stereocenters. The highest BCUT2D eigenvalue weighted by molar-refractivity contribution is 7.90. The van der Waals surface area contributed by atoms with Crippen LogP contribution in [0.2, 0.25) is 0 Å². The van der Waals surface area contributed by atoms with Crippen molar-refractivity contribution in [2.24, 2.45) is 0 Å². The first-order valence-corrected chi connectivity index (χ1v) is 10.0. The molecule has 1 saturated heterocycles. The zero-order chi connectivity index (χ0) is 18.0. The van der Waals surface area contributed by atoms with E-state index in [1.165, 1.54) is 45.5 Å². The molecular formula is C13H21N3O6S2.